The molecule has 1 aromatic heterocycles. The minimum absolute atomic E-state index is 0.141. The zero-order valence-electron chi connectivity index (χ0n) is 18.1. The number of carbonyl (C=O) groups excluding carboxylic acids is 2. The number of nitrogens with zero attached hydrogens (tertiary/aromatic N) is 3. The van der Waals surface area contributed by atoms with Crippen molar-refractivity contribution >= 4 is 17.6 Å². The van der Waals surface area contributed by atoms with Crippen molar-refractivity contribution < 1.29 is 14.3 Å². The monoisotopic (exact) mass is 407 g/mol. The van der Waals surface area contributed by atoms with Crippen LogP contribution in [0.5, 0.6) is 0 Å². The third-order valence-corrected chi connectivity index (χ3v) is 5.13. The van der Waals surface area contributed by atoms with E-state index in [2.05, 4.69) is 18.0 Å². The first-order chi connectivity index (χ1) is 14.4. The van der Waals surface area contributed by atoms with Crippen molar-refractivity contribution in [3.05, 3.63) is 58.9 Å². The smallest absolute Gasteiger partial charge is 0.339 e. The molecule has 0 aliphatic rings. The molecule has 1 atom stereocenters. The molecular weight excluding hydrogens is 378 g/mol. The van der Waals surface area contributed by atoms with E-state index in [0.717, 1.165) is 32.1 Å². The first-order valence-electron chi connectivity index (χ1n) is 10.3. The maximum Gasteiger partial charge on any atom is 0.339 e. The Balaban J connectivity index is 2.47. The van der Waals surface area contributed by atoms with Crippen molar-refractivity contribution in [1.29, 1.82) is 5.26 Å². The van der Waals surface area contributed by atoms with Crippen LogP contribution in [-0.2, 0) is 4.74 Å². The predicted octanol–water partition coefficient (Wildman–Crippen LogP) is 5.05. The molecule has 6 heteroatoms. The average Bonchev–Trinajstić information content (AvgIpc) is 2.76. The Morgan fingerprint density at radius 3 is 2.53 bits per heavy atom. The molecule has 30 heavy (non-hydrogen) atoms. The summed E-state index contributed by atoms with van der Waals surface area (Å²) in [5, 5.41) is 9.15. The number of nitriles is 1. The van der Waals surface area contributed by atoms with Crippen LogP contribution in [0, 0.1) is 18.3 Å². The highest BCUT2D eigenvalue weighted by molar-refractivity contribution is 6.09. The number of methoxy groups -OCH3 is 1. The number of para-hydroxylation sites is 1. The number of unbranched alkanes of at least 4 members (excludes halogenated alkanes) is 3. The number of hydrogen-bond donors (Lipinski definition) is 0. The van der Waals surface area contributed by atoms with E-state index in [4.69, 9.17) is 10.00 Å². The summed E-state index contributed by atoms with van der Waals surface area (Å²) in [6, 6.07) is 12.0. The summed E-state index contributed by atoms with van der Waals surface area (Å²) >= 11 is 0. The molecule has 0 N–H and O–H groups in total. The quantitative estimate of drug-likeness (QED) is 0.429. The number of anilines is 1. The van der Waals surface area contributed by atoms with Gasteiger partial charge in [-0.2, -0.15) is 5.26 Å². The largest absolute Gasteiger partial charge is 0.465 e. The molecule has 1 amide bonds. The number of esters is 1. The summed E-state index contributed by atoms with van der Waals surface area (Å²) in [5.74, 6) is -0.799. The Hall–Kier alpha value is -3.20. The fourth-order valence-electron chi connectivity index (χ4n) is 3.43. The van der Waals surface area contributed by atoms with Crippen LogP contribution in [0.25, 0.3) is 0 Å². The van der Waals surface area contributed by atoms with Crippen molar-refractivity contribution in [3.8, 4) is 6.07 Å². The number of ether oxygens (including phenoxy) is 1. The number of amides is 1. The van der Waals surface area contributed by atoms with Gasteiger partial charge in [-0.15, -0.1) is 0 Å². The van der Waals surface area contributed by atoms with Crippen LogP contribution in [0.4, 0.5) is 5.69 Å². The summed E-state index contributed by atoms with van der Waals surface area (Å²) < 4.78 is 4.93. The minimum Gasteiger partial charge on any atom is -0.465 e. The van der Waals surface area contributed by atoms with E-state index >= 15 is 0 Å². The zero-order chi connectivity index (χ0) is 22.1. The van der Waals surface area contributed by atoms with Gasteiger partial charge in [0.1, 0.15) is 11.8 Å². The van der Waals surface area contributed by atoms with Gasteiger partial charge in [-0.25, -0.2) is 9.78 Å². The predicted molar refractivity (Wildman–Crippen MR) is 117 cm³/mol. The van der Waals surface area contributed by atoms with Crippen LogP contribution in [0.15, 0.2) is 36.4 Å². The second kappa shape index (κ2) is 11.1. The van der Waals surface area contributed by atoms with Crippen LogP contribution in [0.1, 0.15) is 78.1 Å². The van der Waals surface area contributed by atoms with Gasteiger partial charge in [-0.05, 0) is 44.5 Å². The van der Waals surface area contributed by atoms with Gasteiger partial charge in [-0.3, -0.25) is 4.79 Å². The molecule has 0 bridgehead atoms. The van der Waals surface area contributed by atoms with Crippen LogP contribution in [-0.4, -0.2) is 30.0 Å². The van der Waals surface area contributed by atoms with E-state index in [1.165, 1.54) is 7.11 Å². The molecule has 1 aromatic carbocycles. The van der Waals surface area contributed by atoms with E-state index in [1.54, 1.807) is 48.2 Å². The van der Waals surface area contributed by atoms with E-state index in [1.807, 2.05) is 6.92 Å². The van der Waals surface area contributed by atoms with Crippen molar-refractivity contribution in [2.45, 2.75) is 58.9 Å². The summed E-state index contributed by atoms with van der Waals surface area (Å²) in [6.07, 6.45) is 5.16. The van der Waals surface area contributed by atoms with Gasteiger partial charge in [0.2, 0.25) is 0 Å². The number of aryl methyl sites for hydroxylation is 1. The van der Waals surface area contributed by atoms with Crippen molar-refractivity contribution in [3.63, 3.8) is 0 Å². The number of rotatable bonds is 9. The molecule has 0 saturated carbocycles. The van der Waals surface area contributed by atoms with Crippen molar-refractivity contribution in [2.24, 2.45) is 0 Å². The summed E-state index contributed by atoms with van der Waals surface area (Å²) in [6.45, 7) is 5.84. The minimum atomic E-state index is -0.495. The topological polar surface area (TPSA) is 83.3 Å². The lowest BCUT2D eigenvalue weighted by Crippen LogP contribution is -2.40. The number of pyridine rings is 1. The molecule has 2 aromatic rings. The van der Waals surface area contributed by atoms with Gasteiger partial charge in [0.25, 0.3) is 5.91 Å². The van der Waals surface area contributed by atoms with Crippen molar-refractivity contribution in [1.82, 2.24) is 4.98 Å². The lowest BCUT2D eigenvalue weighted by atomic mass is 10.0. The molecule has 1 heterocycles. The molecule has 2 rings (SSSR count). The summed E-state index contributed by atoms with van der Waals surface area (Å²) in [5.41, 5.74) is 2.01. The summed E-state index contributed by atoms with van der Waals surface area (Å²) in [7, 11) is 1.32. The van der Waals surface area contributed by atoms with E-state index < -0.39 is 5.97 Å². The second-order valence-corrected chi connectivity index (χ2v) is 7.32. The number of hydrogen-bond acceptors (Lipinski definition) is 5. The maximum absolute atomic E-state index is 13.5. The fourth-order valence-corrected chi connectivity index (χ4v) is 3.43. The first-order valence-corrected chi connectivity index (χ1v) is 10.3. The van der Waals surface area contributed by atoms with E-state index in [0.29, 0.717) is 22.5 Å². The highest BCUT2D eigenvalue weighted by Crippen LogP contribution is 2.27. The van der Waals surface area contributed by atoms with E-state index in [-0.39, 0.29) is 17.6 Å². The first kappa shape index (κ1) is 23.1. The van der Waals surface area contributed by atoms with Gasteiger partial charge in [0.05, 0.1) is 29.6 Å². The number of carbonyl (C=O) groups is 2. The normalized spacial score (nSPS) is 11.4. The maximum atomic E-state index is 13.5. The van der Waals surface area contributed by atoms with Crippen LogP contribution >= 0.6 is 0 Å². The lowest BCUT2D eigenvalue weighted by molar-refractivity contribution is 0.0601. The van der Waals surface area contributed by atoms with Gasteiger partial charge in [0.15, 0.2) is 0 Å². The Labute approximate surface area is 178 Å². The molecule has 158 valence electrons. The highest BCUT2D eigenvalue weighted by atomic mass is 16.5. The van der Waals surface area contributed by atoms with Crippen LogP contribution in [0.2, 0.25) is 0 Å². The molecule has 0 aliphatic heterocycles. The lowest BCUT2D eigenvalue weighted by Gasteiger charge is -2.30. The molecule has 6 nitrogen and oxygen atoms in total. The van der Waals surface area contributed by atoms with Crippen molar-refractivity contribution in [2.75, 3.05) is 12.0 Å². The zero-order valence-corrected chi connectivity index (χ0v) is 18.1. The Morgan fingerprint density at radius 2 is 1.90 bits per heavy atom. The van der Waals surface area contributed by atoms with Crippen LogP contribution in [0.3, 0.4) is 0 Å². The second-order valence-electron chi connectivity index (χ2n) is 7.32. The number of benzene rings is 1. The Kier molecular flexibility index (Phi) is 8.54. The molecule has 0 aliphatic carbocycles. The molecule has 0 radical (unpaired) electrons. The van der Waals surface area contributed by atoms with Gasteiger partial charge in [0, 0.05) is 6.04 Å². The molecular formula is C24H29N3O3. The van der Waals surface area contributed by atoms with Gasteiger partial charge in [-0.1, -0.05) is 44.7 Å². The SMILES string of the molecule is CCCCCC[C@H](C)N(C(=O)c1ccc(C#N)c(C)n1)c1ccccc1C(=O)OC. The average molecular weight is 408 g/mol. The third kappa shape index (κ3) is 5.44. The Bertz CT molecular complexity index is 934. The standard InChI is InChI=1S/C24H29N3O3/c1-5-6-7-8-11-17(2)27(22-13-10-9-12-20(22)24(29)30-4)23(28)21-15-14-19(16-25)18(3)26-21/h9-10,12-15,17H,5-8,11H2,1-4H3/t17-/m0/s1. The fraction of sp³-hybridized carbons (Fsp3) is 0.417. The number of aromatic nitrogens is 1. The van der Waals surface area contributed by atoms with Crippen LogP contribution < -0.4 is 4.90 Å². The van der Waals surface area contributed by atoms with Gasteiger partial charge < -0.3 is 9.64 Å². The summed E-state index contributed by atoms with van der Waals surface area (Å²) in [4.78, 5) is 31.8. The van der Waals surface area contributed by atoms with E-state index in [9.17, 15) is 9.59 Å². The third-order valence-electron chi connectivity index (χ3n) is 5.13. The Morgan fingerprint density at radius 1 is 1.17 bits per heavy atom. The highest BCUT2D eigenvalue weighted by Gasteiger charge is 2.28. The molecule has 0 spiro atoms. The molecule has 0 saturated heterocycles. The van der Waals surface area contributed by atoms with Gasteiger partial charge >= 0.3 is 5.97 Å². The molecule has 0 unspecified atom stereocenters. The molecule has 0 fully saturated rings.